The molecule has 76 valence electrons. The van der Waals surface area contributed by atoms with E-state index in [1.807, 2.05) is 0 Å². The van der Waals surface area contributed by atoms with E-state index < -0.39 is 22.9 Å². The first-order valence-corrected chi connectivity index (χ1v) is 4.11. The highest BCUT2D eigenvalue weighted by Gasteiger charge is 2.15. The van der Waals surface area contributed by atoms with Gasteiger partial charge in [-0.2, -0.15) is 0 Å². The van der Waals surface area contributed by atoms with E-state index >= 15 is 0 Å². The molecular weight excluding hydrogens is 198 g/mol. The van der Waals surface area contributed by atoms with Crippen molar-refractivity contribution in [1.29, 1.82) is 0 Å². The highest BCUT2D eigenvalue weighted by molar-refractivity contribution is 5.93. The van der Waals surface area contributed by atoms with Crippen molar-refractivity contribution < 1.29 is 9.90 Å². The Morgan fingerprint density at radius 3 is 2.87 bits per heavy atom. The summed E-state index contributed by atoms with van der Waals surface area (Å²) in [5.41, 5.74) is 4.10. The van der Waals surface area contributed by atoms with E-state index in [4.69, 9.17) is 5.73 Å². The molecule has 6 heteroatoms. The smallest absolute Gasteiger partial charge is 0.300 e. The number of carbonyl (C=O) groups is 1. The normalized spacial score (nSPS) is 10.4. The summed E-state index contributed by atoms with van der Waals surface area (Å²) < 4.78 is 1.13. The Morgan fingerprint density at radius 1 is 1.47 bits per heavy atom. The second-order valence-electron chi connectivity index (χ2n) is 2.91. The van der Waals surface area contributed by atoms with Crippen molar-refractivity contribution in [3.63, 3.8) is 0 Å². The Bertz CT molecular complexity index is 603. The minimum Gasteiger partial charge on any atom is -0.501 e. The summed E-state index contributed by atoms with van der Waals surface area (Å²) in [5, 5.41) is 9.37. The van der Waals surface area contributed by atoms with Crippen LogP contribution in [0.15, 0.2) is 29.2 Å². The van der Waals surface area contributed by atoms with Crippen LogP contribution in [0.1, 0.15) is 10.5 Å². The number of fused-ring (bicyclic) bond motifs is 1. The predicted molar refractivity (Wildman–Crippen MR) is 51.6 cm³/mol. The summed E-state index contributed by atoms with van der Waals surface area (Å²) in [6.45, 7) is 0. The molecule has 0 spiro atoms. The molecule has 0 aliphatic heterocycles. The lowest BCUT2D eigenvalue weighted by Crippen LogP contribution is -2.22. The van der Waals surface area contributed by atoms with E-state index in [0.29, 0.717) is 0 Å². The number of carbonyl (C=O) groups excluding carboxylic acids is 1. The predicted octanol–water partition coefficient (Wildman–Crippen LogP) is -0.501. The Labute approximate surface area is 83.6 Å². The molecule has 0 saturated heterocycles. The van der Waals surface area contributed by atoms with E-state index in [-0.39, 0.29) is 5.65 Å². The van der Waals surface area contributed by atoms with Gasteiger partial charge in [-0.1, -0.05) is 6.07 Å². The van der Waals surface area contributed by atoms with Crippen LogP contribution in [0.5, 0.6) is 5.75 Å². The Morgan fingerprint density at radius 2 is 2.20 bits per heavy atom. The van der Waals surface area contributed by atoms with Crippen LogP contribution >= 0.6 is 0 Å². The zero-order valence-electron chi connectivity index (χ0n) is 7.54. The Kier molecular flexibility index (Phi) is 1.89. The molecule has 0 aliphatic carbocycles. The number of aromatic nitrogens is 2. The van der Waals surface area contributed by atoms with Crippen LogP contribution in [0.25, 0.3) is 5.65 Å². The van der Waals surface area contributed by atoms with E-state index in [1.54, 1.807) is 12.1 Å². The number of hydrogen-bond acceptors (Lipinski definition) is 4. The SMILES string of the molecule is NC(=O)c1nc2ccccn2c(=O)c1O. The molecule has 15 heavy (non-hydrogen) atoms. The molecule has 0 aromatic carbocycles. The van der Waals surface area contributed by atoms with Crippen LogP contribution in [0, 0.1) is 0 Å². The molecule has 0 atom stereocenters. The summed E-state index contributed by atoms with van der Waals surface area (Å²) in [6, 6.07) is 4.80. The van der Waals surface area contributed by atoms with Gasteiger partial charge in [-0.05, 0) is 12.1 Å². The molecule has 3 N–H and O–H groups in total. The standard InChI is InChI=1S/C9H7N3O3/c10-8(14)6-7(13)9(15)12-4-2-1-3-5(12)11-6/h1-4,13H,(H2,10,14). The molecule has 0 unspecified atom stereocenters. The number of amides is 1. The second kappa shape index (κ2) is 3.09. The van der Waals surface area contributed by atoms with Gasteiger partial charge in [0, 0.05) is 6.20 Å². The van der Waals surface area contributed by atoms with Crippen LogP contribution in [0.3, 0.4) is 0 Å². The molecular formula is C9H7N3O3. The second-order valence-corrected chi connectivity index (χ2v) is 2.91. The number of rotatable bonds is 1. The fourth-order valence-electron chi connectivity index (χ4n) is 1.25. The first-order chi connectivity index (χ1) is 7.11. The van der Waals surface area contributed by atoms with Crippen molar-refractivity contribution >= 4 is 11.6 Å². The minimum absolute atomic E-state index is 0.258. The first-order valence-electron chi connectivity index (χ1n) is 4.11. The number of hydrogen-bond donors (Lipinski definition) is 2. The summed E-state index contributed by atoms with van der Waals surface area (Å²) in [7, 11) is 0. The summed E-state index contributed by atoms with van der Waals surface area (Å²) >= 11 is 0. The first kappa shape index (κ1) is 9.20. The highest BCUT2D eigenvalue weighted by atomic mass is 16.3. The largest absolute Gasteiger partial charge is 0.501 e. The average Bonchev–Trinajstić information content (AvgIpc) is 2.23. The maximum absolute atomic E-state index is 11.5. The third-order valence-electron chi connectivity index (χ3n) is 1.94. The van der Waals surface area contributed by atoms with Gasteiger partial charge in [0.05, 0.1) is 0 Å². The Balaban J connectivity index is 2.95. The van der Waals surface area contributed by atoms with Gasteiger partial charge in [-0.3, -0.25) is 14.0 Å². The van der Waals surface area contributed by atoms with Crippen molar-refractivity contribution in [2.45, 2.75) is 0 Å². The molecule has 0 saturated carbocycles. The highest BCUT2D eigenvalue weighted by Crippen LogP contribution is 2.08. The average molecular weight is 205 g/mol. The summed E-state index contributed by atoms with van der Waals surface area (Å²) in [4.78, 5) is 26.2. The monoisotopic (exact) mass is 205 g/mol. The zero-order chi connectivity index (χ0) is 11.0. The molecule has 2 heterocycles. The van der Waals surface area contributed by atoms with Crippen LogP contribution in [0.4, 0.5) is 0 Å². The van der Waals surface area contributed by atoms with Gasteiger partial charge in [0.15, 0.2) is 5.69 Å². The van der Waals surface area contributed by atoms with Gasteiger partial charge in [0.2, 0.25) is 5.75 Å². The molecule has 6 nitrogen and oxygen atoms in total. The number of nitrogens with zero attached hydrogens (tertiary/aromatic N) is 2. The molecule has 2 aromatic heterocycles. The van der Waals surface area contributed by atoms with Crippen LogP contribution in [-0.2, 0) is 0 Å². The van der Waals surface area contributed by atoms with Crippen molar-refractivity contribution in [1.82, 2.24) is 9.38 Å². The number of aromatic hydroxyl groups is 1. The van der Waals surface area contributed by atoms with Crippen molar-refractivity contribution in [2.75, 3.05) is 0 Å². The molecule has 1 amide bonds. The van der Waals surface area contributed by atoms with E-state index in [1.165, 1.54) is 12.3 Å². The van der Waals surface area contributed by atoms with Crippen LogP contribution < -0.4 is 11.3 Å². The van der Waals surface area contributed by atoms with Gasteiger partial charge in [-0.15, -0.1) is 0 Å². The molecule has 2 rings (SSSR count). The van der Waals surface area contributed by atoms with E-state index in [0.717, 1.165) is 4.40 Å². The number of nitrogens with two attached hydrogens (primary N) is 1. The number of primary amides is 1. The van der Waals surface area contributed by atoms with Crippen LogP contribution in [0.2, 0.25) is 0 Å². The molecule has 0 radical (unpaired) electrons. The Hall–Kier alpha value is -2.37. The lowest BCUT2D eigenvalue weighted by atomic mass is 10.3. The maximum Gasteiger partial charge on any atom is 0.300 e. The van der Waals surface area contributed by atoms with Gasteiger partial charge in [0.25, 0.3) is 5.91 Å². The fraction of sp³-hybridized carbons (Fsp3) is 0. The molecule has 0 bridgehead atoms. The number of pyridine rings is 1. The van der Waals surface area contributed by atoms with Gasteiger partial charge in [-0.25, -0.2) is 4.98 Å². The van der Waals surface area contributed by atoms with E-state index in [2.05, 4.69) is 4.98 Å². The summed E-state index contributed by atoms with van der Waals surface area (Å²) in [5.74, 6) is -1.66. The topological polar surface area (TPSA) is 97.7 Å². The van der Waals surface area contributed by atoms with Gasteiger partial charge < -0.3 is 10.8 Å². The molecule has 0 fully saturated rings. The van der Waals surface area contributed by atoms with Crippen molar-refractivity contribution in [3.8, 4) is 5.75 Å². The van der Waals surface area contributed by atoms with Crippen LogP contribution in [-0.4, -0.2) is 20.4 Å². The van der Waals surface area contributed by atoms with Gasteiger partial charge in [0.1, 0.15) is 5.65 Å². The van der Waals surface area contributed by atoms with Crippen molar-refractivity contribution in [3.05, 3.63) is 40.4 Å². The van der Waals surface area contributed by atoms with E-state index in [9.17, 15) is 14.7 Å². The molecule has 0 aliphatic rings. The minimum atomic E-state index is -0.934. The lowest BCUT2D eigenvalue weighted by molar-refractivity contribution is 0.0992. The van der Waals surface area contributed by atoms with Crippen molar-refractivity contribution in [2.24, 2.45) is 5.73 Å². The third-order valence-corrected chi connectivity index (χ3v) is 1.94. The lowest BCUT2D eigenvalue weighted by Gasteiger charge is -2.02. The fourth-order valence-corrected chi connectivity index (χ4v) is 1.25. The quantitative estimate of drug-likeness (QED) is 0.655. The third kappa shape index (κ3) is 1.32. The summed E-state index contributed by atoms with van der Waals surface area (Å²) in [6.07, 6.45) is 1.44. The maximum atomic E-state index is 11.5. The molecule has 2 aromatic rings. The van der Waals surface area contributed by atoms with Gasteiger partial charge >= 0.3 is 5.56 Å². The zero-order valence-corrected chi connectivity index (χ0v) is 7.54.